The van der Waals surface area contributed by atoms with Crippen LogP contribution in [-0.2, 0) is 9.47 Å². The quantitative estimate of drug-likeness (QED) is 0.527. The molecule has 0 amide bonds. The molecule has 0 spiro atoms. The number of benzene rings is 2. The van der Waals surface area contributed by atoms with Gasteiger partial charge in [-0.15, -0.1) is 0 Å². The molecule has 0 aromatic heterocycles. The lowest BCUT2D eigenvalue weighted by atomic mass is 9.97. The Kier molecular flexibility index (Phi) is 5.09. The van der Waals surface area contributed by atoms with Gasteiger partial charge in [0.2, 0.25) is 6.29 Å². The molecule has 6 atom stereocenters. The van der Waals surface area contributed by atoms with Crippen molar-refractivity contribution in [3.63, 3.8) is 0 Å². The van der Waals surface area contributed by atoms with Crippen LogP contribution in [0, 0.1) is 0 Å². The molecule has 0 radical (unpaired) electrons. The van der Waals surface area contributed by atoms with E-state index in [-0.39, 0.29) is 5.75 Å². The minimum Gasteiger partial charge on any atom is -0.496 e. The predicted octanol–water partition coefficient (Wildman–Crippen LogP) is 0.258. The second-order valence-corrected chi connectivity index (χ2v) is 7.09. The normalized spacial score (nSPS) is 31.4. The third kappa shape index (κ3) is 3.11. The zero-order valence-electron chi connectivity index (χ0n) is 15.8. The molecule has 0 bridgehead atoms. The predicted molar refractivity (Wildman–Crippen MR) is 98.7 cm³/mol. The van der Waals surface area contributed by atoms with E-state index in [4.69, 9.17) is 18.9 Å². The van der Waals surface area contributed by atoms with Crippen molar-refractivity contribution in [1.29, 1.82) is 0 Å². The summed E-state index contributed by atoms with van der Waals surface area (Å²) in [6.45, 7) is 1.17. The molecule has 9 nitrogen and oxygen atoms in total. The summed E-state index contributed by atoms with van der Waals surface area (Å²) in [6.07, 6.45) is -7.53. The topological polar surface area (TPSA) is 135 Å². The maximum absolute atomic E-state index is 12.1. The Labute approximate surface area is 166 Å². The number of methoxy groups -OCH3 is 1. The highest BCUT2D eigenvalue weighted by molar-refractivity contribution is 6.04. The number of ether oxygens (including phenoxy) is 4. The van der Waals surface area contributed by atoms with Gasteiger partial charge in [0.25, 0.3) is 0 Å². The fraction of sp³-hybridized carbons (Fsp3) is 0.450. The zero-order chi connectivity index (χ0) is 20.9. The fourth-order valence-electron chi connectivity index (χ4n) is 3.86. The third-order valence-corrected chi connectivity index (χ3v) is 5.33. The van der Waals surface area contributed by atoms with Gasteiger partial charge < -0.3 is 39.4 Å². The maximum atomic E-state index is 12.1. The van der Waals surface area contributed by atoms with Crippen LogP contribution in [0.4, 0.5) is 0 Å². The summed E-state index contributed by atoms with van der Waals surface area (Å²) in [5.74, 6) is 0.238. The molecule has 2 aromatic carbocycles. The Bertz CT molecular complexity index is 941. The van der Waals surface area contributed by atoms with Crippen molar-refractivity contribution < 1.29 is 44.2 Å². The molecule has 0 unspecified atom stereocenters. The molecule has 29 heavy (non-hydrogen) atoms. The standard InChI is InChI=1S/C20H22O9/c1-8-13-10(19(25)27-8)6-9-4-3-5-11(14(9)18(13)26-2)28-20-17(24)16(23)15(22)12(7-21)29-20/h3-6,8,12,15-17,20-24H,7H2,1-2H3/t8-,12-,15-,16+,17-,20-/m1/s1. The van der Waals surface area contributed by atoms with Crippen LogP contribution in [0.1, 0.15) is 28.9 Å². The summed E-state index contributed by atoms with van der Waals surface area (Å²) in [7, 11) is 1.47. The summed E-state index contributed by atoms with van der Waals surface area (Å²) >= 11 is 0. The average molecular weight is 406 g/mol. The molecular formula is C20H22O9. The number of carbonyl (C=O) groups is 1. The van der Waals surface area contributed by atoms with E-state index in [0.29, 0.717) is 27.6 Å². The van der Waals surface area contributed by atoms with Gasteiger partial charge >= 0.3 is 5.97 Å². The highest BCUT2D eigenvalue weighted by Crippen LogP contribution is 2.45. The number of hydrogen-bond acceptors (Lipinski definition) is 9. The lowest BCUT2D eigenvalue weighted by molar-refractivity contribution is -0.277. The highest BCUT2D eigenvalue weighted by atomic mass is 16.7. The fourth-order valence-corrected chi connectivity index (χ4v) is 3.86. The first-order valence-corrected chi connectivity index (χ1v) is 9.19. The van der Waals surface area contributed by atoms with Crippen molar-refractivity contribution in [3.8, 4) is 11.5 Å². The third-order valence-electron chi connectivity index (χ3n) is 5.33. The molecule has 2 heterocycles. The summed E-state index contributed by atoms with van der Waals surface area (Å²) in [6, 6.07) is 6.77. The van der Waals surface area contributed by atoms with Crippen LogP contribution < -0.4 is 9.47 Å². The number of aliphatic hydroxyl groups is 4. The number of esters is 1. The van der Waals surface area contributed by atoms with Crippen molar-refractivity contribution in [2.24, 2.45) is 0 Å². The van der Waals surface area contributed by atoms with Gasteiger partial charge in [-0.25, -0.2) is 4.79 Å². The molecule has 2 aromatic rings. The number of rotatable bonds is 4. The van der Waals surface area contributed by atoms with Crippen LogP contribution in [0.2, 0.25) is 0 Å². The Balaban J connectivity index is 1.79. The van der Waals surface area contributed by atoms with Gasteiger partial charge in [-0.1, -0.05) is 12.1 Å². The minimum absolute atomic E-state index is 0.276. The minimum atomic E-state index is -1.56. The van der Waals surface area contributed by atoms with Crippen LogP contribution in [0.5, 0.6) is 11.5 Å². The van der Waals surface area contributed by atoms with Gasteiger partial charge in [0.05, 0.1) is 24.7 Å². The first-order chi connectivity index (χ1) is 13.9. The van der Waals surface area contributed by atoms with E-state index >= 15 is 0 Å². The molecule has 2 aliphatic rings. The van der Waals surface area contributed by atoms with Crippen LogP contribution in [0.3, 0.4) is 0 Å². The smallest absolute Gasteiger partial charge is 0.339 e. The van der Waals surface area contributed by atoms with Crippen molar-refractivity contribution in [1.82, 2.24) is 0 Å². The van der Waals surface area contributed by atoms with Gasteiger partial charge in [0, 0.05) is 5.56 Å². The number of cyclic esters (lactones) is 1. The van der Waals surface area contributed by atoms with Crippen molar-refractivity contribution >= 4 is 16.7 Å². The van der Waals surface area contributed by atoms with Gasteiger partial charge in [-0.2, -0.15) is 0 Å². The molecule has 2 aliphatic heterocycles. The number of aliphatic hydroxyl groups excluding tert-OH is 4. The van der Waals surface area contributed by atoms with Crippen LogP contribution in [0.25, 0.3) is 10.8 Å². The van der Waals surface area contributed by atoms with E-state index in [1.54, 1.807) is 31.2 Å². The monoisotopic (exact) mass is 406 g/mol. The Morgan fingerprint density at radius 2 is 1.90 bits per heavy atom. The van der Waals surface area contributed by atoms with E-state index in [1.165, 1.54) is 7.11 Å². The van der Waals surface area contributed by atoms with Crippen molar-refractivity contribution in [2.75, 3.05) is 13.7 Å². The van der Waals surface area contributed by atoms with Crippen molar-refractivity contribution in [3.05, 3.63) is 35.4 Å². The van der Waals surface area contributed by atoms with Gasteiger partial charge in [-0.3, -0.25) is 0 Å². The summed E-state index contributed by atoms with van der Waals surface area (Å²) in [5.41, 5.74) is 1.00. The van der Waals surface area contributed by atoms with E-state index in [1.807, 2.05) is 0 Å². The number of hydrogen-bond donors (Lipinski definition) is 4. The highest BCUT2D eigenvalue weighted by Gasteiger charge is 2.45. The van der Waals surface area contributed by atoms with E-state index in [2.05, 4.69) is 0 Å². The SMILES string of the molecule is COc1c2c(cc3cccc(O[C@@H]4O[C@H](CO)[C@@H](O)[C@H](O)[C@H]4O)c13)C(=O)O[C@@H]2C. The first kappa shape index (κ1) is 19.9. The van der Waals surface area contributed by atoms with Gasteiger partial charge in [-0.05, 0) is 24.4 Å². The molecule has 9 heteroatoms. The van der Waals surface area contributed by atoms with E-state index in [0.717, 1.165) is 0 Å². The van der Waals surface area contributed by atoms with Crippen molar-refractivity contribution in [2.45, 2.75) is 43.7 Å². The lowest BCUT2D eigenvalue weighted by Crippen LogP contribution is -2.60. The average Bonchev–Trinajstić information content (AvgIpc) is 3.00. The van der Waals surface area contributed by atoms with Crippen LogP contribution in [-0.4, -0.2) is 70.8 Å². The second kappa shape index (κ2) is 7.43. The Hall–Kier alpha value is -2.43. The molecule has 4 N–H and O–H groups in total. The largest absolute Gasteiger partial charge is 0.496 e. The number of fused-ring (bicyclic) bond motifs is 2. The molecule has 4 rings (SSSR count). The van der Waals surface area contributed by atoms with Gasteiger partial charge in [0.15, 0.2) is 0 Å². The maximum Gasteiger partial charge on any atom is 0.339 e. The molecule has 0 aliphatic carbocycles. The van der Waals surface area contributed by atoms with Crippen LogP contribution >= 0.6 is 0 Å². The summed E-state index contributed by atoms with van der Waals surface area (Å²) < 4.78 is 22.1. The van der Waals surface area contributed by atoms with Crippen LogP contribution in [0.15, 0.2) is 24.3 Å². The lowest BCUT2D eigenvalue weighted by Gasteiger charge is -2.39. The molecule has 1 saturated heterocycles. The first-order valence-electron chi connectivity index (χ1n) is 9.19. The second-order valence-electron chi connectivity index (χ2n) is 7.09. The summed E-state index contributed by atoms with van der Waals surface area (Å²) in [5, 5.41) is 40.8. The van der Waals surface area contributed by atoms with E-state index in [9.17, 15) is 25.2 Å². The van der Waals surface area contributed by atoms with Gasteiger partial charge in [0.1, 0.15) is 42.0 Å². The van der Waals surface area contributed by atoms with E-state index < -0.39 is 49.4 Å². The Morgan fingerprint density at radius 3 is 2.59 bits per heavy atom. The molecule has 156 valence electrons. The zero-order valence-corrected chi connectivity index (χ0v) is 15.8. The molecule has 1 fully saturated rings. The molecule has 0 saturated carbocycles. The Morgan fingerprint density at radius 1 is 1.14 bits per heavy atom. The number of carbonyl (C=O) groups excluding carboxylic acids is 1. The molecular weight excluding hydrogens is 384 g/mol. The summed E-state index contributed by atoms with van der Waals surface area (Å²) in [4.78, 5) is 12.1.